The van der Waals surface area contributed by atoms with Gasteiger partial charge in [-0.2, -0.15) is 0 Å². The molecule has 0 unspecified atom stereocenters. The van der Waals surface area contributed by atoms with Gasteiger partial charge < -0.3 is 16.2 Å². The zero-order chi connectivity index (χ0) is 15.1. The molecule has 0 spiro atoms. The number of carboxylic acid groups (broad SMARTS) is 1. The fraction of sp³-hybridized carbons (Fsp3) is 0.154. The third-order valence-electron chi connectivity index (χ3n) is 2.34. The molecular formula is C13H13ClN2O4. The second-order valence-corrected chi connectivity index (χ2v) is 4.33. The third kappa shape index (κ3) is 5.11. The van der Waals surface area contributed by atoms with E-state index < -0.39 is 30.2 Å². The van der Waals surface area contributed by atoms with Gasteiger partial charge in [-0.1, -0.05) is 29.8 Å². The molecule has 0 saturated heterocycles. The highest BCUT2D eigenvalue weighted by molar-refractivity contribution is 6.32. The number of primary amides is 1. The van der Waals surface area contributed by atoms with E-state index >= 15 is 0 Å². The number of carboxylic acids is 1. The molecule has 0 radical (unpaired) electrons. The lowest BCUT2D eigenvalue weighted by Gasteiger charge is -2.10. The van der Waals surface area contributed by atoms with Crippen LogP contribution in [-0.4, -0.2) is 28.9 Å². The van der Waals surface area contributed by atoms with Gasteiger partial charge in [0.25, 0.3) is 0 Å². The molecule has 1 aromatic carbocycles. The zero-order valence-corrected chi connectivity index (χ0v) is 11.1. The Bertz CT molecular complexity index is 557. The van der Waals surface area contributed by atoms with Crippen molar-refractivity contribution in [2.24, 2.45) is 5.73 Å². The van der Waals surface area contributed by atoms with Gasteiger partial charge in [0.2, 0.25) is 11.8 Å². The summed E-state index contributed by atoms with van der Waals surface area (Å²) in [6.45, 7) is 0. The Labute approximate surface area is 120 Å². The van der Waals surface area contributed by atoms with Crippen molar-refractivity contribution in [1.82, 2.24) is 5.32 Å². The molecule has 0 aliphatic heterocycles. The molecule has 0 bridgehead atoms. The second kappa shape index (κ2) is 7.30. The Morgan fingerprint density at radius 3 is 2.55 bits per heavy atom. The lowest BCUT2D eigenvalue weighted by molar-refractivity contribution is -0.142. The molecule has 0 aromatic heterocycles. The van der Waals surface area contributed by atoms with E-state index in [0.29, 0.717) is 10.6 Å². The van der Waals surface area contributed by atoms with E-state index in [0.717, 1.165) is 6.08 Å². The number of rotatable bonds is 6. The van der Waals surface area contributed by atoms with Gasteiger partial charge in [-0.05, 0) is 17.7 Å². The summed E-state index contributed by atoms with van der Waals surface area (Å²) in [7, 11) is 0. The maximum Gasteiger partial charge on any atom is 0.326 e. The van der Waals surface area contributed by atoms with Crippen LogP contribution in [0, 0.1) is 0 Å². The number of benzene rings is 1. The molecule has 0 saturated carbocycles. The first-order chi connectivity index (χ1) is 9.40. The highest BCUT2D eigenvalue weighted by Crippen LogP contribution is 2.16. The molecule has 2 amide bonds. The Kier molecular flexibility index (Phi) is 5.74. The van der Waals surface area contributed by atoms with Gasteiger partial charge >= 0.3 is 5.97 Å². The smallest absolute Gasteiger partial charge is 0.326 e. The summed E-state index contributed by atoms with van der Waals surface area (Å²) in [5.74, 6) is -2.80. The van der Waals surface area contributed by atoms with E-state index in [1.54, 1.807) is 24.3 Å². The first-order valence-corrected chi connectivity index (χ1v) is 6.02. The molecular weight excluding hydrogens is 284 g/mol. The van der Waals surface area contributed by atoms with Crippen LogP contribution in [-0.2, 0) is 14.4 Å². The van der Waals surface area contributed by atoms with Crippen molar-refractivity contribution < 1.29 is 19.5 Å². The summed E-state index contributed by atoms with van der Waals surface area (Å²) < 4.78 is 0. The lowest BCUT2D eigenvalue weighted by Crippen LogP contribution is -2.42. The van der Waals surface area contributed by atoms with Crippen LogP contribution in [0.15, 0.2) is 30.3 Å². The van der Waals surface area contributed by atoms with E-state index in [-0.39, 0.29) is 0 Å². The number of nitrogens with one attached hydrogen (secondary N) is 1. The molecule has 0 fully saturated rings. The summed E-state index contributed by atoms with van der Waals surface area (Å²) in [6, 6.07) is 5.50. The first kappa shape index (κ1) is 15.7. The van der Waals surface area contributed by atoms with E-state index in [9.17, 15) is 14.4 Å². The second-order valence-electron chi connectivity index (χ2n) is 3.92. The molecule has 20 heavy (non-hydrogen) atoms. The Morgan fingerprint density at radius 1 is 1.35 bits per heavy atom. The zero-order valence-electron chi connectivity index (χ0n) is 10.4. The van der Waals surface area contributed by atoms with Crippen LogP contribution in [0.2, 0.25) is 5.02 Å². The summed E-state index contributed by atoms with van der Waals surface area (Å²) in [5.41, 5.74) is 5.52. The summed E-state index contributed by atoms with van der Waals surface area (Å²) >= 11 is 5.89. The number of halogens is 1. The molecule has 1 atom stereocenters. The van der Waals surface area contributed by atoms with Crippen LogP contribution in [0.4, 0.5) is 0 Å². The molecule has 106 valence electrons. The molecule has 0 heterocycles. The highest BCUT2D eigenvalue weighted by atomic mass is 35.5. The van der Waals surface area contributed by atoms with Gasteiger partial charge in [0.1, 0.15) is 6.04 Å². The lowest BCUT2D eigenvalue weighted by atomic mass is 10.2. The Balaban J connectivity index is 2.69. The van der Waals surface area contributed by atoms with Gasteiger partial charge in [0.05, 0.1) is 6.42 Å². The molecule has 0 aliphatic carbocycles. The van der Waals surface area contributed by atoms with Gasteiger partial charge in [-0.3, -0.25) is 9.59 Å². The molecule has 4 N–H and O–H groups in total. The van der Waals surface area contributed by atoms with Crippen LogP contribution in [0.1, 0.15) is 12.0 Å². The average Bonchev–Trinajstić information content (AvgIpc) is 2.36. The summed E-state index contributed by atoms with van der Waals surface area (Å²) in [4.78, 5) is 33.1. The van der Waals surface area contributed by atoms with Gasteiger partial charge in [0, 0.05) is 11.1 Å². The Morgan fingerprint density at radius 2 is 2.00 bits per heavy atom. The number of aliphatic carboxylic acids is 1. The number of carbonyl (C=O) groups excluding carboxylic acids is 2. The largest absolute Gasteiger partial charge is 0.480 e. The van der Waals surface area contributed by atoms with E-state index in [1.165, 1.54) is 6.08 Å². The van der Waals surface area contributed by atoms with Crippen molar-refractivity contribution in [3.63, 3.8) is 0 Å². The summed E-state index contributed by atoms with van der Waals surface area (Å²) in [6.07, 6.45) is 2.11. The minimum absolute atomic E-state index is 0.462. The molecule has 1 aromatic rings. The van der Waals surface area contributed by atoms with Crippen molar-refractivity contribution in [3.8, 4) is 0 Å². The number of hydrogen-bond donors (Lipinski definition) is 3. The van der Waals surface area contributed by atoms with Gasteiger partial charge in [0.15, 0.2) is 0 Å². The quantitative estimate of drug-likeness (QED) is 0.674. The minimum atomic E-state index is -1.35. The predicted octanol–water partition coefficient (Wildman–Crippen LogP) is 0.798. The maximum atomic E-state index is 11.6. The molecule has 6 nitrogen and oxygen atoms in total. The van der Waals surface area contributed by atoms with Crippen molar-refractivity contribution in [3.05, 3.63) is 40.9 Å². The van der Waals surface area contributed by atoms with Gasteiger partial charge in [-0.25, -0.2) is 4.79 Å². The number of hydrogen-bond acceptors (Lipinski definition) is 3. The SMILES string of the molecule is NC(=O)C[C@@H](NC(=O)/C=C/c1ccccc1Cl)C(=O)O. The molecule has 0 aliphatic rings. The number of amides is 2. The fourth-order valence-corrected chi connectivity index (χ4v) is 1.60. The standard InChI is InChI=1S/C13H13ClN2O4/c14-9-4-2-1-3-8(9)5-6-12(18)16-10(13(19)20)7-11(15)17/h1-6,10H,7H2,(H2,15,17)(H,16,18)(H,19,20)/b6-5+/t10-/m1/s1. The van der Waals surface area contributed by atoms with Crippen molar-refractivity contribution in [1.29, 1.82) is 0 Å². The van der Waals surface area contributed by atoms with Crippen molar-refractivity contribution >= 4 is 35.5 Å². The highest BCUT2D eigenvalue weighted by Gasteiger charge is 2.20. The minimum Gasteiger partial charge on any atom is -0.480 e. The van der Waals surface area contributed by atoms with Crippen LogP contribution in [0.25, 0.3) is 6.08 Å². The maximum absolute atomic E-state index is 11.6. The van der Waals surface area contributed by atoms with Crippen LogP contribution < -0.4 is 11.1 Å². The average molecular weight is 297 g/mol. The van der Waals surface area contributed by atoms with E-state index in [2.05, 4.69) is 5.32 Å². The molecule has 1 rings (SSSR count). The molecule has 7 heteroatoms. The van der Waals surface area contributed by atoms with Crippen molar-refractivity contribution in [2.75, 3.05) is 0 Å². The third-order valence-corrected chi connectivity index (χ3v) is 2.68. The van der Waals surface area contributed by atoms with E-state index in [1.807, 2.05) is 0 Å². The Hall–Kier alpha value is -2.34. The van der Waals surface area contributed by atoms with Crippen LogP contribution >= 0.6 is 11.6 Å². The van der Waals surface area contributed by atoms with E-state index in [4.69, 9.17) is 22.4 Å². The number of carbonyl (C=O) groups is 3. The monoisotopic (exact) mass is 296 g/mol. The van der Waals surface area contributed by atoms with Crippen LogP contribution in [0.5, 0.6) is 0 Å². The van der Waals surface area contributed by atoms with Crippen molar-refractivity contribution in [2.45, 2.75) is 12.5 Å². The first-order valence-electron chi connectivity index (χ1n) is 5.64. The topological polar surface area (TPSA) is 109 Å². The van der Waals surface area contributed by atoms with Crippen LogP contribution in [0.3, 0.4) is 0 Å². The predicted molar refractivity (Wildman–Crippen MR) is 73.9 cm³/mol. The number of nitrogens with two attached hydrogens (primary N) is 1. The van der Waals surface area contributed by atoms with Gasteiger partial charge in [-0.15, -0.1) is 0 Å². The summed E-state index contributed by atoms with van der Waals surface area (Å²) in [5, 5.41) is 11.5. The fourth-order valence-electron chi connectivity index (χ4n) is 1.40. The normalized spacial score (nSPS) is 12.1.